The van der Waals surface area contributed by atoms with Gasteiger partial charge in [0.1, 0.15) is 11.6 Å². The molecule has 6 nitrogen and oxygen atoms in total. The number of rotatable bonds is 7. The number of nitrogens with one attached hydrogen (secondary N) is 1. The highest BCUT2D eigenvalue weighted by Crippen LogP contribution is 2.29. The van der Waals surface area contributed by atoms with Crippen molar-refractivity contribution in [1.82, 2.24) is 14.8 Å². The molecule has 0 fully saturated rings. The van der Waals surface area contributed by atoms with Gasteiger partial charge in [-0.15, -0.1) is 10.2 Å². The Morgan fingerprint density at radius 1 is 1.25 bits per heavy atom. The molecule has 0 aliphatic carbocycles. The maximum absolute atomic E-state index is 12.7. The van der Waals surface area contributed by atoms with Crippen LogP contribution in [0.15, 0.2) is 53.7 Å². The third-order valence-electron chi connectivity index (χ3n) is 4.16. The minimum atomic E-state index is -0.387. The number of ether oxygens (including phenoxy) is 1. The number of thioether (sulfide) groups is 1. The lowest BCUT2D eigenvalue weighted by Crippen LogP contribution is -2.23. The Hall–Kier alpha value is -2.51. The summed E-state index contributed by atoms with van der Waals surface area (Å²) in [6, 6.07) is 15.2. The van der Waals surface area contributed by atoms with Crippen LogP contribution in [-0.2, 0) is 11.3 Å². The lowest BCUT2D eigenvalue weighted by atomic mass is 10.2. The molecule has 1 amide bonds. The highest BCUT2D eigenvalue weighted by molar-refractivity contribution is 8.00. The number of halogens is 1. The van der Waals surface area contributed by atoms with Crippen LogP contribution in [0.2, 0.25) is 5.02 Å². The zero-order valence-corrected chi connectivity index (χ0v) is 17.4. The van der Waals surface area contributed by atoms with Gasteiger partial charge in [-0.25, -0.2) is 0 Å². The topological polar surface area (TPSA) is 69.0 Å². The van der Waals surface area contributed by atoms with E-state index in [1.165, 1.54) is 11.8 Å². The number of carbonyl (C=O) groups is 1. The van der Waals surface area contributed by atoms with Gasteiger partial charge in [-0.05, 0) is 37.6 Å². The predicted octanol–water partition coefficient (Wildman–Crippen LogP) is 4.42. The number of aromatic nitrogens is 3. The van der Waals surface area contributed by atoms with Crippen molar-refractivity contribution in [1.29, 1.82) is 0 Å². The molecule has 0 saturated heterocycles. The van der Waals surface area contributed by atoms with Gasteiger partial charge in [-0.3, -0.25) is 4.79 Å². The van der Waals surface area contributed by atoms with Crippen LogP contribution in [-0.4, -0.2) is 33.0 Å². The van der Waals surface area contributed by atoms with E-state index in [9.17, 15) is 4.79 Å². The Kier molecular flexibility index (Phi) is 6.59. The van der Waals surface area contributed by atoms with Gasteiger partial charge in [0, 0.05) is 5.02 Å². The molecule has 0 unspecified atom stereocenters. The highest BCUT2D eigenvalue weighted by atomic mass is 35.5. The Labute approximate surface area is 173 Å². The Morgan fingerprint density at radius 3 is 2.71 bits per heavy atom. The van der Waals surface area contributed by atoms with Crippen LogP contribution < -0.4 is 10.1 Å². The number of anilines is 1. The molecule has 1 atom stereocenters. The number of hydrogen-bond donors (Lipinski definition) is 1. The molecule has 3 rings (SSSR count). The molecular formula is C20H21ClN4O2S. The Bertz CT molecular complexity index is 962. The van der Waals surface area contributed by atoms with E-state index < -0.39 is 0 Å². The zero-order valence-electron chi connectivity index (χ0n) is 15.8. The molecule has 1 heterocycles. The minimum absolute atomic E-state index is 0.169. The molecule has 0 aliphatic rings. The first-order valence-electron chi connectivity index (χ1n) is 8.72. The summed E-state index contributed by atoms with van der Waals surface area (Å²) in [5, 5.41) is 12.1. The van der Waals surface area contributed by atoms with Gasteiger partial charge < -0.3 is 14.6 Å². The number of methoxy groups -OCH3 is 1. The van der Waals surface area contributed by atoms with Crippen molar-refractivity contribution in [3.63, 3.8) is 0 Å². The smallest absolute Gasteiger partial charge is 0.237 e. The average molecular weight is 417 g/mol. The van der Waals surface area contributed by atoms with Gasteiger partial charge in [0.2, 0.25) is 5.91 Å². The molecule has 3 aromatic rings. The molecule has 8 heteroatoms. The monoisotopic (exact) mass is 416 g/mol. The molecule has 1 aromatic heterocycles. The largest absolute Gasteiger partial charge is 0.495 e. The maximum Gasteiger partial charge on any atom is 0.237 e. The zero-order chi connectivity index (χ0) is 20.1. The molecule has 146 valence electrons. The van der Waals surface area contributed by atoms with Crippen molar-refractivity contribution >= 4 is 35.0 Å². The molecule has 0 radical (unpaired) electrons. The molecule has 0 aliphatic heterocycles. The van der Waals surface area contributed by atoms with Crippen molar-refractivity contribution in [3.8, 4) is 5.75 Å². The highest BCUT2D eigenvalue weighted by Gasteiger charge is 2.20. The van der Waals surface area contributed by atoms with Crippen molar-refractivity contribution < 1.29 is 9.53 Å². The quantitative estimate of drug-likeness (QED) is 0.577. The second-order valence-corrected chi connectivity index (χ2v) is 7.94. The van der Waals surface area contributed by atoms with Crippen LogP contribution in [0.4, 0.5) is 5.69 Å². The van der Waals surface area contributed by atoms with E-state index in [0.29, 0.717) is 28.2 Å². The summed E-state index contributed by atoms with van der Waals surface area (Å²) in [6.07, 6.45) is 0. The molecule has 0 bridgehead atoms. The van der Waals surface area contributed by atoms with Crippen molar-refractivity contribution in [2.24, 2.45) is 0 Å². The first-order chi connectivity index (χ1) is 13.5. The maximum atomic E-state index is 12.7. The average Bonchev–Trinajstić information content (AvgIpc) is 3.02. The first kappa shape index (κ1) is 20.2. The van der Waals surface area contributed by atoms with E-state index in [1.54, 1.807) is 25.3 Å². The number of nitrogens with zero attached hydrogens (tertiary/aromatic N) is 3. The van der Waals surface area contributed by atoms with Crippen LogP contribution >= 0.6 is 23.4 Å². The molecule has 2 aromatic carbocycles. The fourth-order valence-corrected chi connectivity index (χ4v) is 3.69. The molecule has 0 spiro atoms. The van der Waals surface area contributed by atoms with Crippen molar-refractivity contribution in [3.05, 3.63) is 64.9 Å². The van der Waals surface area contributed by atoms with E-state index >= 15 is 0 Å². The molecule has 0 saturated carbocycles. The summed E-state index contributed by atoms with van der Waals surface area (Å²) in [5.74, 6) is 1.19. The van der Waals surface area contributed by atoms with Crippen LogP contribution in [0, 0.1) is 6.92 Å². The normalized spacial score (nSPS) is 11.9. The van der Waals surface area contributed by atoms with Gasteiger partial charge in [0.05, 0.1) is 24.6 Å². The Balaban J connectivity index is 1.72. The van der Waals surface area contributed by atoms with Crippen molar-refractivity contribution in [2.45, 2.75) is 30.8 Å². The van der Waals surface area contributed by atoms with Crippen molar-refractivity contribution in [2.75, 3.05) is 12.4 Å². The summed E-state index contributed by atoms with van der Waals surface area (Å²) in [5.41, 5.74) is 1.68. The SMILES string of the molecule is COc1ccc(Cl)cc1NC(=O)[C@@H](C)Sc1nnc(C)n1Cc1ccccc1. The van der Waals surface area contributed by atoms with Crippen LogP contribution in [0.1, 0.15) is 18.3 Å². The summed E-state index contributed by atoms with van der Waals surface area (Å²) < 4.78 is 7.29. The number of aryl methyl sites for hydroxylation is 1. The molecule has 28 heavy (non-hydrogen) atoms. The third-order valence-corrected chi connectivity index (χ3v) is 5.47. The van der Waals surface area contributed by atoms with Gasteiger partial charge >= 0.3 is 0 Å². The van der Waals surface area contributed by atoms with E-state index in [2.05, 4.69) is 27.6 Å². The number of carbonyl (C=O) groups excluding carboxylic acids is 1. The second-order valence-electron chi connectivity index (χ2n) is 6.20. The summed E-state index contributed by atoms with van der Waals surface area (Å²) in [6.45, 7) is 4.38. The minimum Gasteiger partial charge on any atom is -0.495 e. The second kappa shape index (κ2) is 9.12. The van der Waals surface area contributed by atoms with Gasteiger partial charge in [0.25, 0.3) is 0 Å². The van der Waals surface area contributed by atoms with Crippen LogP contribution in [0.3, 0.4) is 0 Å². The van der Waals surface area contributed by atoms with E-state index in [1.807, 2.05) is 36.6 Å². The van der Waals surface area contributed by atoms with Crippen LogP contribution in [0.5, 0.6) is 5.75 Å². The fourth-order valence-electron chi connectivity index (χ4n) is 2.62. The van der Waals surface area contributed by atoms with E-state index in [-0.39, 0.29) is 11.2 Å². The van der Waals surface area contributed by atoms with E-state index in [4.69, 9.17) is 16.3 Å². The summed E-state index contributed by atoms with van der Waals surface area (Å²) in [7, 11) is 1.55. The van der Waals surface area contributed by atoms with Gasteiger partial charge in [0.15, 0.2) is 5.16 Å². The van der Waals surface area contributed by atoms with E-state index in [0.717, 1.165) is 11.4 Å². The van der Waals surface area contributed by atoms with Gasteiger partial charge in [-0.1, -0.05) is 53.7 Å². The third kappa shape index (κ3) is 4.85. The predicted molar refractivity (Wildman–Crippen MR) is 112 cm³/mol. The first-order valence-corrected chi connectivity index (χ1v) is 9.98. The lowest BCUT2D eigenvalue weighted by Gasteiger charge is -2.15. The lowest BCUT2D eigenvalue weighted by molar-refractivity contribution is -0.115. The number of amides is 1. The summed E-state index contributed by atoms with van der Waals surface area (Å²) in [4.78, 5) is 12.7. The van der Waals surface area contributed by atoms with Gasteiger partial charge in [-0.2, -0.15) is 0 Å². The number of benzene rings is 2. The Morgan fingerprint density at radius 2 is 2.00 bits per heavy atom. The molecular weight excluding hydrogens is 396 g/mol. The summed E-state index contributed by atoms with van der Waals surface area (Å²) >= 11 is 7.39. The number of hydrogen-bond acceptors (Lipinski definition) is 5. The van der Waals surface area contributed by atoms with Crippen LogP contribution in [0.25, 0.3) is 0 Å². The standard InChI is InChI=1S/C20H21ClN4O2S/c1-13(19(26)22-17-11-16(21)9-10-18(17)27-3)28-20-24-23-14(2)25(20)12-15-7-5-4-6-8-15/h4-11,13H,12H2,1-3H3,(H,22,26)/t13-/m1/s1. The molecule has 1 N–H and O–H groups in total. The fraction of sp³-hybridized carbons (Fsp3) is 0.250.